The van der Waals surface area contributed by atoms with Gasteiger partial charge in [-0.05, 0) is 38.4 Å². The first-order valence-corrected chi connectivity index (χ1v) is 8.92. The van der Waals surface area contributed by atoms with Crippen molar-refractivity contribution in [2.24, 2.45) is 5.84 Å². The molecule has 0 aliphatic carbocycles. The molecule has 0 spiro atoms. The van der Waals surface area contributed by atoms with Gasteiger partial charge in [0.25, 0.3) is 0 Å². The van der Waals surface area contributed by atoms with Crippen LogP contribution in [0.5, 0.6) is 0 Å². The normalized spacial score (nSPS) is 12.3. The fraction of sp³-hybridized carbons (Fsp3) is 0.385. The lowest BCUT2D eigenvalue weighted by Crippen LogP contribution is -2.50. The predicted octanol–water partition coefficient (Wildman–Crippen LogP) is 1.74. The lowest BCUT2D eigenvalue weighted by molar-refractivity contribution is 0.0388. The number of hydrogen-bond donors (Lipinski definition) is 2. The lowest BCUT2D eigenvalue weighted by atomic mass is 10.2. The van der Waals surface area contributed by atoms with Crippen molar-refractivity contribution in [2.75, 3.05) is 0 Å². The van der Waals surface area contributed by atoms with Gasteiger partial charge in [0.1, 0.15) is 5.60 Å². The molecule has 0 fully saturated rings. The van der Waals surface area contributed by atoms with Gasteiger partial charge in [-0.2, -0.15) is 17.5 Å². The number of fused-ring (bicyclic) bond motifs is 1. The maximum Gasteiger partial charge on any atom is 0.440 e. The molecule has 0 aliphatic heterocycles. The van der Waals surface area contributed by atoms with E-state index in [-0.39, 0.29) is 11.0 Å². The van der Waals surface area contributed by atoms with E-state index in [9.17, 15) is 13.2 Å². The molecule has 1 amide bonds. The van der Waals surface area contributed by atoms with Crippen LogP contribution in [0.2, 0.25) is 0 Å². The van der Waals surface area contributed by atoms with Crippen molar-refractivity contribution in [1.29, 1.82) is 0 Å². The van der Waals surface area contributed by atoms with Gasteiger partial charge in [0.05, 0.1) is 16.9 Å². The zero-order valence-corrected chi connectivity index (χ0v) is 14.6. The number of rotatable bonds is 4. The van der Waals surface area contributed by atoms with Crippen molar-refractivity contribution < 1.29 is 17.9 Å². The zero-order chi connectivity index (χ0) is 17.3. The standard InChI is InChI=1S/C13H18N4O4S2/c1-13(2,3)21-12(18)17(14)23(19,20)15-8-10-9-6-4-5-7-11(9)22-16-10/h4-7,15H,8,14H2,1-3H3. The van der Waals surface area contributed by atoms with Crippen LogP contribution in [0.15, 0.2) is 24.3 Å². The van der Waals surface area contributed by atoms with E-state index in [0.717, 1.165) is 10.1 Å². The summed E-state index contributed by atoms with van der Waals surface area (Å²) >= 11 is 1.27. The summed E-state index contributed by atoms with van der Waals surface area (Å²) < 4.78 is 36.5. The van der Waals surface area contributed by atoms with E-state index in [1.807, 2.05) is 24.3 Å². The predicted molar refractivity (Wildman–Crippen MR) is 87.6 cm³/mol. The summed E-state index contributed by atoms with van der Waals surface area (Å²) in [6, 6.07) is 7.45. The third-order valence-corrected chi connectivity index (χ3v) is 4.75. The molecule has 0 aliphatic rings. The van der Waals surface area contributed by atoms with E-state index in [1.165, 1.54) is 11.5 Å². The van der Waals surface area contributed by atoms with E-state index in [2.05, 4.69) is 9.10 Å². The second-order valence-electron chi connectivity index (χ2n) is 5.73. The van der Waals surface area contributed by atoms with E-state index in [0.29, 0.717) is 5.69 Å². The quantitative estimate of drug-likeness (QED) is 0.489. The van der Waals surface area contributed by atoms with Crippen molar-refractivity contribution in [2.45, 2.75) is 32.9 Å². The largest absolute Gasteiger partial charge is 0.442 e. The summed E-state index contributed by atoms with van der Waals surface area (Å²) in [4.78, 5) is 11.7. The summed E-state index contributed by atoms with van der Waals surface area (Å²) in [6.45, 7) is 4.75. The third kappa shape index (κ3) is 4.38. The van der Waals surface area contributed by atoms with E-state index in [1.54, 1.807) is 20.8 Å². The van der Waals surface area contributed by atoms with Gasteiger partial charge in [-0.1, -0.05) is 18.2 Å². The van der Waals surface area contributed by atoms with Crippen molar-refractivity contribution in [3.05, 3.63) is 30.0 Å². The highest BCUT2D eigenvalue weighted by Crippen LogP contribution is 2.22. The monoisotopic (exact) mass is 358 g/mol. The molecule has 3 N–H and O–H groups in total. The SMILES string of the molecule is CC(C)(C)OC(=O)N(N)S(=O)(=O)NCc1nsc2ccccc12. The summed E-state index contributed by atoms with van der Waals surface area (Å²) in [7, 11) is -4.23. The van der Waals surface area contributed by atoms with Crippen molar-refractivity contribution in [3.63, 3.8) is 0 Å². The highest BCUT2D eigenvalue weighted by molar-refractivity contribution is 7.87. The van der Waals surface area contributed by atoms with Gasteiger partial charge in [0.15, 0.2) is 0 Å². The zero-order valence-electron chi connectivity index (χ0n) is 12.9. The Balaban J connectivity index is 2.08. The minimum Gasteiger partial charge on any atom is -0.442 e. The molecule has 10 heteroatoms. The summed E-state index contributed by atoms with van der Waals surface area (Å²) in [5, 5.41) is 0.848. The first kappa shape index (κ1) is 17.6. The molecule has 2 aromatic rings. The molecule has 23 heavy (non-hydrogen) atoms. The Morgan fingerprint density at radius 2 is 2.04 bits per heavy atom. The number of hydrogen-bond acceptors (Lipinski definition) is 7. The van der Waals surface area contributed by atoms with Crippen molar-refractivity contribution in [3.8, 4) is 0 Å². The van der Waals surface area contributed by atoms with Crippen LogP contribution < -0.4 is 10.6 Å². The van der Waals surface area contributed by atoms with E-state index < -0.39 is 21.9 Å². The molecular formula is C13H18N4O4S2. The van der Waals surface area contributed by atoms with Gasteiger partial charge < -0.3 is 4.74 Å². The third-order valence-electron chi connectivity index (χ3n) is 2.71. The molecule has 2 rings (SSSR count). The van der Waals surface area contributed by atoms with Crippen LogP contribution in [0.25, 0.3) is 10.1 Å². The molecule has 0 atom stereocenters. The maximum absolute atomic E-state index is 12.1. The molecule has 126 valence electrons. The minimum atomic E-state index is -4.23. The molecule has 1 aromatic carbocycles. The van der Waals surface area contributed by atoms with Crippen LogP contribution in [0.4, 0.5) is 4.79 Å². The van der Waals surface area contributed by atoms with E-state index in [4.69, 9.17) is 10.6 Å². The smallest absolute Gasteiger partial charge is 0.440 e. The fourth-order valence-electron chi connectivity index (χ4n) is 1.70. The average molecular weight is 358 g/mol. The number of nitrogens with zero attached hydrogens (tertiary/aromatic N) is 2. The Kier molecular flexibility index (Phi) is 4.90. The Morgan fingerprint density at radius 1 is 1.39 bits per heavy atom. The molecule has 0 saturated carbocycles. The average Bonchev–Trinajstić information content (AvgIpc) is 2.86. The summed E-state index contributed by atoms with van der Waals surface area (Å²) in [5.74, 6) is 5.34. The summed E-state index contributed by atoms with van der Waals surface area (Å²) in [6.07, 6.45) is -1.16. The number of aromatic nitrogens is 1. The molecule has 0 radical (unpaired) electrons. The molecule has 8 nitrogen and oxygen atoms in total. The summed E-state index contributed by atoms with van der Waals surface area (Å²) in [5.41, 5.74) is -0.290. The van der Waals surface area contributed by atoms with E-state index >= 15 is 0 Å². The van der Waals surface area contributed by atoms with Crippen molar-refractivity contribution >= 4 is 37.9 Å². The van der Waals surface area contributed by atoms with Gasteiger partial charge in [-0.25, -0.2) is 10.6 Å². The number of ether oxygens (including phenoxy) is 1. The topological polar surface area (TPSA) is 115 Å². The molecule has 0 bridgehead atoms. The molecule has 1 aromatic heterocycles. The number of carbonyl (C=O) groups excluding carboxylic acids is 1. The maximum atomic E-state index is 12.1. The molecule has 0 saturated heterocycles. The van der Waals surface area contributed by atoms with Gasteiger partial charge in [0, 0.05) is 5.39 Å². The number of hydrazine groups is 1. The first-order valence-electron chi connectivity index (χ1n) is 6.71. The Morgan fingerprint density at radius 3 is 2.70 bits per heavy atom. The van der Waals surface area contributed by atoms with Crippen molar-refractivity contribution in [1.82, 2.24) is 13.5 Å². The second kappa shape index (κ2) is 6.40. The highest BCUT2D eigenvalue weighted by Gasteiger charge is 2.29. The number of carbonyl (C=O) groups is 1. The highest BCUT2D eigenvalue weighted by atomic mass is 32.2. The van der Waals surface area contributed by atoms with Gasteiger partial charge in [-0.15, -0.1) is 4.41 Å². The Hall–Kier alpha value is -1.75. The number of nitrogens with two attached hydrogens (primary N) is 1. The van der Waals surface area contributed by atoms with Crippen LogP contribution in [0.1, 0.15) is 26.5 Å². The number of amides is 1. The lowest BCUT2D eigenvalue weighted by Gasteiger charge is -2.23. The van der Waals surface area contributed by atoms with Gasteiger partial charge in [0.2, 0.25) is 0 Å². The molecule has 1 heterocycles. The van der Waals surface area contributed by atoms with Crippen LogP contribution in [0, 0.1) is 0 Å². The number of nitrogens with one attached hydrogen (secondary N) is 1. The molecule has 0 unspecified atom stereocenters. The van der Waals surface area contributed by atoms with Crippen LogP contribution in [0.3, 0.4) is 0 Å². The van der Waals surface area contributed by atoms with Crippen LogP contribution >= 0.6 is 11.5 Å². The minimum absolute atomic E-state index is 0.0484. The van der Waals surface area contributed by atoms with Gasteiger partial charge >= 0.3 is 16.3 Å². The van der Waals surface area contributed by atoms with Crippen LogP contribution in [-0.2, 0) is 21.5 Å². The number of benzene rings is 1. The van der Waals surface area contributed by atoms with Crippen LogP contribution in [-0.4, -0.2) is 28.9 Å². The Bertz CT molecular complexity index is 811. The van der Waals surface area contributed by atoms with Gasteiger partial charge in [-0.3, -0.25) is 0 Å². The fourth-order valence-corrected chi connectivity index (χ4v) is 3.19. The Labute approximate surface area is 138 Å². The first-order chi connectivity index (χ1) is 10.6. The molecular weight excluding hydrogens is 340 g/mol. The second-order valence-corrected chi connectivity index (χ2v) is 8.16.